The summed E-state index contributed by atoms with van der Waals surface area (Å²) in [6, 6.07) is 4.96. The topological polar surface area (TPSA) is 78.5 Å². The zero-order valence-corrected chi connectivity index (χ0v) is 15.7. The van der Waals surface area contributed by atoms with Crippen LogP contribution in [0.4, 0.5) is 5.69 Å². The minimum absolute atomic E-state index is 0. The van der Waals surface area contributed by atoms with Gasteiger partial charge in [0, 0.05) is 31.7 Å². The lowest BCUT2D eigenvalue weighted by molar-refractivity contribution is -0.116. The third-order valence-electron chi connectivity index (χ3n) is 3.40. The van der Waals surface area contributed by atoms with Crippen molar-refractivity contribution in [3.8, 4) is 0 Å². The molecule has 0 aliphatic carbocycles. The average Bonchev–Trinajstić information content (AvgIpc) is 2.48. The van der Waals surface area contributed by atoms with Crippen LogP contribution in [-0.2, 0) is 14.8 Å². The third-order valence-corrected chi connectivity index (χ3v) is 5.59. The number of nitrogens with one attached hydrogen (secondary N) is 2. The maximum atomic E-state index is 12.6. The van der Waals surface area contributed by atoms with Gasteiger partial charge in [-0.05, 0) is 31.7 Å². The molecule has 0 bridgehead atoms. The van der Waals surface area contributed by atoms with Crippen LogP contribution in [0.2, 0.25) is 0 Å². The molecule has 8 heteroatoms. The molecule has 1 aromatic rings. The molecule has 0 saturated carbocycles. The molecule has 6 nitrogen and oxygen atoms in total. The second-order valence-corrected chi connectivity index (χ2v) is 6.88. The number of carbonyl (C=O) groups is 1. The summed E-state index contributed by atoms with van der Waals surface area (Å²) in [6.45, 7) is 6.76. The number of amides is 1. The molecule has 0 atom stereocenters. The number of rotatable bonds is 8. The highest BCUT2D eigenvalue weighted by atomic mass is 35.5. The molecule has 2 N–H and O–H groups in total. The SMILES string of the molecule is CCN(CC)S(=O)(=O)c1cc(NC(=O)CCNC)ccc1C.Cl. The first-order valence-electron chi connectivity index (χ1n) is 7.42. The van der Waals surface area contributed by atoms with Crippen molar-refractivity contribution < 1.29 is 13.2 Å². The van der Waals surface area contributed by atoms with E-state index in [1.165, 1.54) is 10.4 Å². The van der Waals surface area contributed by atoms with Gasteiger partial charge in [0.25, 0.3) is 0 Å². The van der Waals surface area contributed by atoms with E-state index in [-0.39, 0.29) is 23.2 Å². The molecule has 23 heavy (non-hydrogen) atoms. The van der Waals surface area contributed by atoms with Gasteiger partial charge in [-0.25, -0.2) is 8.42 Å². The standard InChI is InChI=1S/C15H25N3O3S.ClH/c1-5-18(6-2)22(20,21)14-11-13(8-7-12(14)3)17-15(19)9-10-16-4;/h7-8,11,16H,5-6,9-10H2,1-4H3,(H,17,19);1H. The molecule has 1 amide bonds. The number of aryl methyl sites for hydroxylation is 1. The molecule has 1 rings (SSSR count). The van der Waals surface area contributed by atoms with E-state index in [2.05, 4.69) is 10.6 Å². The molecule has 0 aromatic heterocycles. The molecular formula is C15H26ClN3O3S. The lowest BCUT2D eigenvalue weighted by Gasteiger charge is -2.20. The molecule has 132 valence electrons. The van der Waals surface area contributed by atoms with E-state index in [1.54, 1.807) is 40.0 Å². The van der Waals surface area contributed by atoms with Crippen molar-refractivity contribution in [1.29, 1.82) is 0 Å². The van der Waals surface area contributed by atoms with Crippen LogP contribution in [0.3, 0.4) is 0 Å². The van der Waals surface area contributed by atoms with E-state index in [9.17, 15) is 13.2 Å². The number of anilines is 1. The van der Waals surface area contributed by atoms with Crippen molar-refractivity contribution in [3.63, 3.8) is 0 Å². The van der Waals surface area contributed by atoms with E-state index in [0.717, 1.165) is 0 Å². The molecule has 0 aliphatic rings. The number of benzene rings is 1. The molecule has 0 saturated heterocycles. The largest absolute Gasteiger partial charge is 0.326 e. The minimum Gasteiger partial charge on any atom is -0.326 e. The second kappa shape index (κ2) is 9.87. The Labute approximate surface area is 145 Å². The summed E-state index contributed by atoms with van der Waals surface area (Å²) in [4.78, 5) is 12.0. The number of halogens is 1. The third kappa shape index (κ3) is 5.76. The van der Waals surface area contributed by atoms with Crippen molar-refractivity contribution in [1.82, 2.24) is 9.62 Å². The highest BCUT2D eigenvalue weighted by Gasteiger charge is 2.23. The van der Waals surface area contributed by atoms with Crippen molar-refractivity contribution in [2.45, 2.75) is 32.1 Å². The summed E-state index contributed by atoms with van der Waals surface area (Å²) in [5.41, 5.74) is 1.16. The first-order valence-corrected chi connectivity index (χ1v) is 8.86. The monoisotopic (exact) mass is 363 g/mol. The van der Waals surface area contributed by atoms with Crippen LogP contribution in [0.5, 0.6) is 0 Å². The summed E-state index contributed by atoms with van der Waals surface area (Å²) >= 11 is 0. The maximum Gasteiger partial charge on any atom is 0.243 e. The zero-order chi connectivity index (χ0) is 16.8. The Morgan fingerprint density at radius 3 is 2.35 bits per heavy atom. The molecule has 0 spiro atoms. The summed E-state index contributed by atoms with van der Waals surface area (Å²) < 4.78 is 26.7. The molecule has 0 radical (unpaired) electrons. The Morgan fingerprint density at radius 2 is 1.83 bits per heavy atom. The fraction of sp³-hybridized carbons (Fsp3) is 0.533. The number of nitrogens with zero attached hydrogens (tertiary/aromatic N) is 1. The average molecular weight is 364 g/mol. The molecule has 0 unspecified atom stereocenters. The highest BCUT2D eigenvalue weighted by Crippen LogP contribution is 2.23. The smallest absolute Gasteiger partial charge is 0.243 e. The van der Waals surface area contributed by atoms with E-state index in [4.69, 9.17) is 0 Å². The van der Waals surface area contributed by atoms with E-state index in [1.807, 2.05) is 0 Å². The summed E-state index contributed by atoms with van der Waals surface area (Å²) in [6.07, 6.45) is 0.336. The van der Waals surface area contributed by atoms with Crippen LogP contribution >= 0.6 is 12.4 Å². The lowest BCUT2D eigenvalue weighted by atomic mass is 10.2. The number of hydrogen-bond donors (Lipinski definition) is 2. The Hall–Kier alpha value is -1.15. The van der Waals surface area contributed by atoms with Crippen LogP contribution in [0, 0.1) is 6.92 Å². The van der Waals surface area contributed by atoms with Crippen molar-refractivity contribution in [3.05, 3.63) is 23.8 Å². The Bertz CT molecular complexity index is 616. The quantitative estimate of drug-likeness (QED) is 0.740. The van der Waals surface area contributed by atoms with Gasteiger partial charge in [-0.1, -0.05) is 19.9 Å². The Kier molecular flexibility index (Phi) is 9.38. The normalized spacial score (nSPS) is 11.2. The van der Waals surface area contributed by atoms with Crippen molar-refractivity contribution >= 4 is 34.0 Å². The Morgan fingerprint density at radius 1 is 1.22 bits per heavy atom. The van der Waals surface area contributed by atoms with Crippen LogP contribution in [0.25, 0.3) is 0 Å². The molecule has 0 aliphatic heterocycles. The summed E-state index contributed by atoms with van der Waals surface area (Å²) in [7, 11) is -1.77. The molecule has 0 fully saturated rings. The van der Waals surface area contributed by atoms with Crippen LogP contribution in [-0.4, -0.2) is 45.3 Å². The molecule has 0 heterocycles. The van der Waals surface area contributed by atoms with Gasteiger partial charge >= 0.3 is 0 Å². The van der Waals surface area contributed by atoms with Gasteiger partial charge in [0.1, 0.15) is 0 Å². The van der Waals surface area contributed by atoms with Crippen LogP contribution in [0.1, 0.15) is 25.8 Å². The van der Waals surface area contributed by atoms with Gasteiger partial charge in [-0.2, -0.15) is 4.31 Å². The number of hydrogen-bond acceptors (Lipinski definition) is 4. The summed E-state index contributed by atoms with van der Waals surface area (Å²) in [5, 5.41) is 5.63. The van der Waals surface area contributed by atoms with Gasteiger partial charge in [0.15, 0.2) is 0 Å². The lowest BCUT2D eigenvalue weighted by Crippen LogP contribution is -2.31. The van der Waals surface area contributed by atoms with Crippen molar-refractivity contribution in [2.24, 2.45) is 0 Å². The van der Waals surface area contributed by atoms with Crippen molar-refractivity contribution in [2.75, 3.05) is 32.0 Å². The number of sulfonamides is 1. The first kappa shape index (κ1) is 21.9. The van der Waals surface area contributed by atoms with E-state index >= 15 is 0 Å². The second-order valence-electron chi connectivity index (χ2n) is 4.97. The maximum absolute atomic E-state index is 12.6. The molecule has 1 aromatic carbocycles. The molecular weight excluding hydrogens is 338 g/mol. The number of carbonyl (C=O) groups excluding carboxylic acids is 1. The Balaban J connectivity index is 0.00000484. The predicted octanol–water partition coefficient (Wildman–Crippen LogP) is 2.00. The fourth-order valence-corrected chi connectivity index (χ4v) is 3.83. The highest BCUT2D eigenvalue weighted by molar-refractivity contribution is 7.89. The fourth-order valence-electron chi connectivity index (χ4n) is 2.12. The van der Waals surface area contributed by atoms with Gasteiger partial charge in [0.2, 0.25) is 15.9 Å². The van der Waals surface area contributed by atoms with Gasteiger partial charge < -0.3 is 10.6 Å². The minimum atomic E-state index is -3.54. The summed E-state index contributed by atoms with van der Waals surface area (Å²) in [5.74, 6) is -0.149. The van der Waals surface area contributed by atoms with Gasteiger partial charge in [-0.3, -0.25) is 4.79 Å². The van der Waals surface area contributed by atoms with E-state index in [0.29, 0.717) is 37.3 Å². The van der Waals surface area contributed by atoms with Gasteiger partial charge in [-0.15, -0.1) is 12.4 Å². The van der Waals surface area contributed by atoms with Gasteiger partial charge in [0.05, 0.1) is 4.90 Å². The first-order chi connectivity index (χ1) is 10.4. The van der Waals surface area contributed by atoms with Crippen LogP contribution < -0.4 is 10.6 Å². The van der Waals surface area contributed by atoms with Crippen LogP contribution in [0.15, 0.2) is 23.1 Å². The zero-order valence-electron chi connectivity index (χ0n) is 14.0. The predicted molar refractivity (Wildman–Crippen MR) is 95.7 cm³/mol. The van der Waals surface area contributed by atoms with E-state index < -0.39 is 10.0 Å².